The lowest BCUT2D eigenvalue weighted by Crippen LogP contribution is -2.24. The van der Waals surface area contributed by atoms with Gasteiger partial charge in [-0.05, 0) is 38.5 Å². The van der Waals surface area contributed by atoms with Gasteiger partial charge in [0.05, 0.1) is 11.3 Å². The zero-order valence-electron chi connectivity index (χ0n) is 10.7. The smallest absolute Gasteiger partial charge is 0.339 e. The molecule has 0 saturated heterocycles. The van der Waals surface area contributed by atoms with Crippen LogP contribution in [0.5, 0.6) is 6.01 Å². The van der Waals surface area contributed by atoms with Gasteiger partial charge in [-0.25, -0.2) is 9.78 Å². The van der Waals surface area contributed by atoms with Crippen molar-refractivity contribution in [2.45, 2.75) is 45.6 Å². The summed E-state index contributed by atoms with van der Waals surface area (Å²) in [5, 5.41) is 8.89. The van der Waals surface area contributed by atoms with Crippen molar-refractivity contribution in [2.24, 2.45) is 5.92 Å². The first-order valence-electron chi connectivity index (χ1n) is 6.30. The third-order valence-electron chi connectivity index (χ3n) is 3.42. The first-order valence-corrected chi connectivity index (χ1v) is 6.30. The van der Waals surface area contributed by atoms with Crippen molar-refractivity contribution in [3.63, 3.8) is 0 Å². The van der Waals surface area contributed by atoms with Gasteiger partial charge in [0, 0.05) is 6.20 Å². The molecule has 5 nitrogen and oxygen atoms in total. The highest BCUT2D eigenvalue weighted by Crippen LogP contribution is 2.26. The number of aromatic nitrogens is 2. The molecule has 0 amide bonds. The van der Waals surface area contributed by atoms with E-state index in [0.717, 1.165) is 31.6 Å². The Morgan fingerprint density at radius 3 is 2.61 bits per heavy atom. The van der Waals surface area contributed by atoms with Gasteiger partial charge in [-0.1, -0.05) is 6.92 Å². The average molecular weight is 250 g/mol. The fourth-order valence-electron chi connectivity index (χ4n) is 2.21. The van der Waals surface area contributed by atoms with Crippen LogP contribution in [0.4, 0.5) is 0 Å². The quantitative estimate of drug-likeness (QED) is 0.892. The van der Waals surface area contributed by atoms with E-state index < -0.39 is 5.97 Å². The number of carboxylic acid groups (broad SMARTS) is 1. The Morgan fingerprint density at radius 2 is 2.06 bits per heavy atom. The number of aromatic carboxylic acids is 1. The summed E-state index contributed by atoms with van der Waals surface area (Å²) in [4.78, 5) is 18.9. The van der Waals surface area contributed by atoms with Crippen molar-refractivity contribution in [1.82, 2.24) is 9.97 Å². The van der Waals surface area contributed by atoms with Crippen LogP contribution in [-0.4, -0.2) is 27.1 Å². The van der Waals surface area contributed by atoms with Crippen molar-refractivity contribution >= 4 is 5.97 Å². The number of nitrogens with zero attached hydrogens (tertiary/aromatic N) is 2. The zero-order valence-corrected chi connectivity index (χ0v) is 10.7. The molecule has 1 heterocycles. The second-order valence-electron chi connectivity index (χ2n) is 4.96. The molecule has 1 aliphatic carbocycles. The largest absolute Gasteiger partial charge is 0.478 e. The highest BCUT2D eigenvalue weighted by atomic mass is 16.5. The topological polar surface area (TPSA) is 72.3 Å². The summed E-state index contributed by atoms with van der Waals surface area (Å²) in [6.07, 6.45) is 5.84. The van der Waals surface area contributed by atoms with Gasteiger partial charge in [0.2, 0.25) is 0 Å². The van der Waals surface area contributed by atoms with Crippen LogP contribution in [0.1, 0.15) is 48.7 Å². The third kappa shape index (κ3) is 2.97. The standard InChI is InChI=1S/C13H18N2O3/c1-8-3-5-10(6-4-8)18-13-14-7-11(12(16)17)9(2)15-13/h7-8,10H,3-6H2,1-2H3,(H,16,17). The lowest BCUT2D eigenvalue weighted by atomic mass is 9.89. The van der Waals surface area contributed by atoms with E-state index in [2.05, 4.69) is 16.9 Å². The summed E-state index contributed by atoms with van der Waals surface area (Å²) < 4.78 is 5.70. The van der Waals surface area contributed by atoms with Gasteiger partial charge in [-0.2, -0.15) is 4.98 Å². The van der Waals surface area contributed by atoms with E-state index in [4.69, 9.17) is 9.84 Å². The number of hydrogen-bond donors (Lipinski definition) is 1. The lowest BCUT2D eigenvalue weighted by molar-refractivity contribution is 0.0694. The molecule has 0 radical (unpaired) electrons. The minimum absolute atomic E-state index is 0.125. The Bertz CT molecular complexity index is 440. The molecule has 0 spiro atoms. The molecular formula is C13H18N2O3. The highest BCUT2D eigenvalue weighted by molar-refractivity contribution is 5.88. The fraction of sp³-hybridized carbons (Fsp3) is 0.615. The van der Waals surface area contributed by atoms with Crippen LogP contribution < -0.4 is 4.74 Å². The van der Waals surface area contributed by atoms with E-state index in [0.29, 0.717) is 5.69 Å². The summed E-state index contributed by atoms with van der Waals surface area (Å²) in [6, 6.07) is 0.289. The molecule has 0 atom stereocenters. The number of carbonyl (C=O) groups is 1. The van der Waals surface area contributed by atoms with Crippen molar-refractivity contribution in [3.8, 4) is 6.01 Å². The molecule has 0 aromatic carbocycles. The van der Waals surface area contributed by atoms with E-state index in [9.17, 15) is 4.79 Å². The molecule has 1 saturated carbocycles. The summed E-state index contributed by atoms with van der Waals surface area (Å²) in [5.41, 5.74) is 0.566. The normalized spacial score (nSPS) is 23.7. The molecule has 2 rings (SSSR count). The molecule has 0 unspecified atom stereocenters. The zero-order chi connectivity index (χ0) is 13.1. The molecule has 5 heteroatoms. The van der Waals surface area contributed by atoms with Gasteiger partial charge in [0.25, 0.3) is 0 Å². The van der Waals surface area contributed by atoms with Crippen LogP contribution in [0.2, 0.25) is 0 Å². The van der Waals surface area contributed by atoms with Gasteiger partial charge in [-0.15, -0.1) is 0 Å². The molecular weight excluding hydrogens is 232 g/mol. The molecule has 1 fully saturated rings. The van der Waals surface area contributed by atoms with E-state index in [1.54, 1.807) is 6.92 Å². The number of aryl methyl sites for hydroxylation is 1. The molecule has 1 aromatic rings. The van der Waals surface area contributed by atoms with E-state index >= 15 is 0 Å². The lowest BCUT2D eigenvalue weighted by Gasteiger charge is -2.25. The molecule has 18 heavy (non-hydrogen) atoms. The molecule has 1 aliphatic rings. The van der Waals surface area contributed by atoms with Crippen molar-refractivity contribution < 1.29 is 14.6 Å². The Labute approximate surface area is 106 Å². The average Bonchev–Trinajstić information content (AvgIpc) is 2.32. The maximum atomic E-state index is 10.8. The predicted molar refractivity (Wildman–Crippen MR) is 65.8 cm³/mol. The van der Waals surface area contributed by atoms with Crippen molar-refractivity contribution in [3.05, 3.63) is 17.5 Å². The van der Waals surface area contributed by atoms with E-state index in [1.807, 2.05) is 0 Å². The molecule has 0 bridgehead atoms. The van der Waals surface area contributed by atoms with Crippen LogP contribution in [0.25, 0.3) is 0 Å². The van der Waals surface area contributed by atoms with E-state index in [1.165, 1.54) is 6.20 Å². The second kappa shape index (κ2) is 5.33. The SMILES string of the molecule is Cc1nc(OC2CCC(C)CC2)ncc1C(=O)O. The monoisotopic (exact) mass is 250 g/mol. The van der Waals surface area contributed by atoms with Crippen molar-refractivity contribution in [1.29, 1.82) is 0 Å². The number of carboxylic acids is 1. The summed E-state index contributed by atoms with van der Waals surface area (Å²) in [7, 11) is 0. The summed E-state index contributed by atoms with van der Waals surface area (Å²) in [6.45, 7) is 3.90. The first-order chi connectivity index (χ1) is 8.56. The van der Waals surface area contributed by atoms with Gasteiger partial charge in [0.1, 0.15) is 6.10 Å². The molecule has 1 aromatic heterocycles. The third-order valence-corrected chi connectivity index (χ3v) is 3.42. The van der Waals surface area contributed by atoms with Crippen molar-refractivity contribution in [2.75, 3.05) is 0 Å². The molecule has 0 aliphatic heterocycles. The number of hydrogen-bond acceptors (Lipinski definition) is 4. The Balaban J connectivity index is 2.02. The van der Waals surface area contributed by atoms with E-state index in [-0.39, 0.29) is 17.7 Å². The fourth-order valence-corrected chi connectivity index (χ4v) is 2.21. The Morgan fingerprint density at radius 1 is 1.39 bits per heavy atom. The van der Waals surface area contributed by atoms with Gasteiger partial charge in [-0.3, -0.25) is 0 Å². The van der Waals surface area contributed by atoms with Crippen LogP contribution >= 0.6 is 0 Å². The van der Waals surface area contributed by atoms with Gasteiger partial charge < -0.3 is 9.84 Å². The maximum absolute atomic E-state index is 10.8. The van der Waals surface area contributed by atoms with Gasteiger partial charge in [0.15, 0.2) is 0 Å². The van der Waals surface area contributed by atoms with Crippen LogP contribution in [0, 0.1) is 12.8 Å². The summed E-state index contributed by atoms with van der Waals surface area (Å²) in [5.74, 6) is -0.243. The molecule has 98 valence electrons. The van der Waals surface area contributed by atoms with Crippen LogP contribution in [-0.2, 0) is 0 Å². The summed E-state index contributed by atoms with van der Waals surface area (Å²) >= 11 is 0. The first kappa shape index (κ1) is 12.8. The minimum Gasteiger partial charge on any atom is -0.478 e. The second-order valence-corrected chi connectivity index (χ2v) is 4.96. The predicted octanol–water partition coefficient (Wildman–Crippen LogP) is 2.44. The minimum atomic E-state index is -1.01. The maximum Gasteiger partial charge on any atom is 0.339 e. The van der Waals surface area contributed by atoms with Gasteiger partial charge >= 0.3 is 12.0 Å². The number of rotatable bonds is 3. The van der Waals surface area contributed by atoms with Crippen LogP contribution in [0.3, 0.4) is 0 Å². The highest BCUT2D eigenvalue weighted by Gasteiger charge is 2.21. The van der Waals surface area contributed by atoms with Crippen LogP contribution in [0.15, 0.2) is 6.20 Å². The number of ether oxygens (including phenoxy) is 1. The Hall–Kier alpha value is -1.65. The molecule has 1 N–H and O–H groups in total. The Kier molecular flexibility index (Phi) is 3.79.